The maximum atomic E-state index is 12.8. The number of aryl methyl sites for hydroxylation is 1. The topological polar surface area (TPSA) is 52.7 Å². The number of nitrogens with zero attached hydrogens (tertiary/aromatic N) is 2. The van der Waals surface area contributed by atoms with Gasteiger partial charge >= 0.3 is 0 Å². The van der Waals surface area contributed by atoms with Crippen LogP contribution in [-0.2, 0) is 4.79 Å². The molecule has 1 saturated heterocycles. The summed E-state index contributed by atoms with van der Waals surface area (Å²) in [4.78, 5) is 28.8. The first-order chi connectivity index (χ1) is 13.6. The first-order valence-corrected chi connectivity index (χ1v) is 10.1. The lowest BCUT2D eigenvalue weighted by atomic mass is 10.1. The first kappa shape index (κ1) is 19.9. The number of unbranched alkanes of at least 4 members (excludes halogenated alkanes) is 1. The Bertz CT molecular complexity index is 809. The van der Waals surface area contributed by atoms with Crippen molar-refractivity contribution in [1.29, 1.82) is 0 Å². The van der Waals surface area contributed by atoms with E-state index in [1.807, 2.05) is 60.4 Å². The average Bonchev–Trinajstić information content (AvgIpc) is 2.73. The summed E-state index contributed by atoms with van der Waals surface area (Å²) >= 11 is 0. The van der Waals surface area contributed by atoms with Crippen molar-refractivity contribution >= 4 is 23.2 Å². The summed E-state index contributed by atoms with van der Waals surface area (Å²) in [5, 5.41) is 2.94. The Morgan fingerprint density at radius 3 is 2.29 bits per heavy atom. The van der Waals surface area contributed by atoms with Crippen LogP contribution in [0.2, 0.25) is 0 Å². The summed E-state index contributed by atoms with van der Waals surface area (Å²) in [6, 6.07) is 15.7. The molecule has 3 rings (SSSR count). The molecule has 1 aliphatic rings. The minimum Gasteiger partial charge on any atom is -0.368 e. The van der Waals surface area contributed by atoms with Gasteiger partial charge in [-0.3, -0.25) is 9.59 Å². The Morgan fingerprint density at radius 2 is 1.64 bits per heavy atom. The van der Waals surface area contributed by atoms with Gasteiger partial charge in [-0.1, -0.05) is 31.5 Å². The number of rotatable bonds is 6. The molecule has 1 heterocycles. The van der Waals surface area contributed by atoms with Crippen LogP contribution in [0.15, 0.2) is 48.5 Å². The van der Waals surface area contributed by atoms with Crippen LogP contribution >= 0.6 is 0 Å². The number of nitrogens with one attached hydrogen (secondary N) is 1. The number of anilines is 2. The van der Waals surface area contributed by atoms with Gasteiger partial charge in [-0.2, -0.15) is 0 Å². The number of hydrogen-bond donors (Lipinski definition) is 1. The van der Waals surface area contributed by atoms with Gasteiger partial charge in [0.2, 0.25) is 5.91 Å². The molecule has 1 aliphatic heterocycles. The second-order valence-electron chi connectivity index (χ2n) is 7.29. The maximum Gasteiger partial charge on any atom is 0.254 e. The monoisotopic (exact) mass is 379 g/mol. The molecule has 28 heavy (non-hydrogen) atoms. The van der Waals surface area contributed by atoms with E-state index in [0.29, 0.717) is 19.5 Å². The highest BCUT2D eigenvalue weighted by Gasteiger charge is 2.23. The molecule has 0 saturated carbocycles. The molecule has 148 valence electrons. The Morgan fingerprint density at radius 1 is 0.964 bits per heavy atom. The zero-order chi connectivity index (χ0) is 19.9. The van der Waals surface area contributed by atoms with Crippen molar-refractivity contribution in [3.05, 3.63) is 59.7 Å². The van der Waals surface area contributed by atoms with E-state index in [-0.39, 0.29) is 11.8 Å². The van der Waals surface area contributed by atoms with Gasteiger partial charge in [0.15, 0.2) is 0 Å². The third-order valence-corrected chi connectivity index (χ3v) is 5.22. The molecule has 1 N–H and O–H groups in total. The molecule has 2 aromatic rings. The van der Waals surface area contributed by atoms with Gasteiger partial charge in [0.25, 0.3) is 5.91 Å². The van der Waals surface area contributed by atoms with Crippen molar-refractivity contribution in [2.45, 2.75) is 33.1 Å². The Kier molecular flexibility index (Phi) is 6.69. The third kappa shape index (κ3) is 4.91. The zero-order valence-electron chi connectivity index (χ0n) is 16.8. The molecule has 0 aromatic heterocycles. The summed E-state index contributed by atoms with van der Waals surface area (Å²) < 4.78 is 0. The van der Waals surface area contributed by atoms with Gasteiger partial charge in [-0.15, -0.1) is 0 Å². The molecule has 0 unspecified atom stereocenters. The molecule has 0 bridgehead atoms. The van der Waals surface area contributed by atoms with Gasteiger partial charge in [0.1, 0.15) is 0 Å². The van der Waals surface area contributed by atoms with Crippen molar-refractivity contribution in [2.24, 2.45) is 0 Å². The van der Waals surface area contributed by atoms with E-state index in [9.17, 15) is 9.59 Å². The van der Waals surface area contributed by atoms with Crippen LogP contribution in [0.1, 0.15) is 42.1 Å². The zero-order valence-corrected chi connectivity index (χ0v) is 16.8. The molecular weight excluding hydrogens is 350 g/mol. The Labute approximate surface area is 167 Å². The fourth-order valence-electron chi connectivity index (χ4n) is 3.47. The predicted octanol–water partition coefficient (Wildman–Crippen LogP) is 4.09. The minimum atomic E-state index is 0.0675. The fraction of sp³-hybridized carbons (Fsp3) is 0.391. The van der Waals surface area contributed by atoms with E-state index in [4.69, 9.17) is 0 Å². The summed E-state index contributed by atoms with van der Waals surface area (Å²) in [7, 11) is 0. The largest absolute Gasteiger partial charge is 0.368 e. The third-order valence-electron chi connectivity index (χ3n) is 5.22. The Balaban J connectivity index is 1.54. The van der Waals surface area contributed by atoms with Crippen LogP contribution < -0.4 is 10.2 Å². The first-order valence-electron chi connectivity index (χ1n) is 10.1. The van der Waals surface area contributed by atoms with E-state index in [1.54, 1.807) is 0 Å². The molecule has 1 fully saturated rings. The lowest BCUT2D eigenvalue weighted by Gasteiger charge is -2.36. The van der Waals surface area contributed by atoms with E-state index >= 15 is 0 Å². The van der Waals surface area contributed by atoms with Crippen LogP contribution in [0.4, 0.5) is 11.4 Å². The molecule has 0 aliphatic carbocycles. The van der Waals surface area contributed by atoms with Crippen LogP contribution in [0, 0.1) is 6.92 Å². The number of piperazine rings is 1. The van der Waals surface area contributed by atoms with Crippen LogP contribution in [0.25, 0.3) is 0 Å². The Hall–Kier alpha value is -2.82. The smallest absolute Gasteiger partial charge is 0.254 e. The van der Waals surface area contributed by atoms with Crippen molar-refractivity contribution in [2.75, 3.05) is 36.4 Å². The highest BCUT2D eigenvalue weighted by molar-refractivity contribution is 5.95. The molecule has 0 atom stereocenters. The van der Waals surface area contributed by atoms with Crippen molar-refractivity contribution in [3.63, 3.8) is 0 Å². The number of carbonyl (C=O) groups excluding carboxylic acids is 2. The molecule has 0 radical (unpaired) electrons. The van der Waals surface area contributed by atoms with Gasteiger partial charge in [0, 0.05) is 49.5 Å². The van der Waals surface area contributed by atoms with Gasteiger partial charge in [0.05, 0.1) is 0 Å². The fourth-order valence-corrected chi connectivity index (χ4v) is 3.47. The van der Waals surface area contributed by atoms with Gasteiger partial charge in [-0.25, -0.2) is 0 Å². The normalized spacial score (nSPS) is 14.1. The number of hydrogen-bond acceptors (Lipinski definition) is 3. The van der Waals surface area contributed by atoms with Crippen LogP contribution in [-0.4, -0.2) is 42.9 Å². The van der Waals surface area contributed by atoms with Crippen molar-refractivity contribution < 1.29 is 9.59 Å². The van der Waals surface area contributed by atoms with Crippen LogP contribution in [0.5, 0.6) is 0 Å². The second-order valence-corrected chi connectivity index (χ2v) is 7.29. The number of carbonyl (C=O) groups is 2. The quantitative estimate of drug-likeness (QED) is 0.823. The van der Waals surface area contributed by atoms with Crippen molar-refractivity contribution in [3.8, 4) is 0 Å². The molecule has 0 spiro atoms. The lowest BCUT2D eigenvalue weighted by molar-refractivity contribution is -0.116. The van der Waals surface area contributed by atoms with E-state index in [0.717, 1.165) is 48.4 Å². The maximum absolute atomic E-state index is 12.8. The van der Waals surface area contributed by atoms with E-state index in [2.05, 4.69) is 17.1 Å². The molecule has 5 heteroatoms. The van der Waals surface area contributed by atoms with Gasteiger partial charge < -0.3 is 15.1 Å². The van der Waals surface area contributed by atoms with E-state index in [1.165, 1.54) is 0 Å². The molecule has 2 amide bonds. The summed E-state index contributed by atoms with van der Waals surface area (Å²) in [5.41, 5.74) is 3.76. The summed E-state index contributed by atoms with van der Waals surface area (Å²) in [5.74, 6) is 0.181. The van der Waals surface area contributed by atoms with Gasteiger partial charge in [-0.05, 0) is 49.2 Å². The SMILES string of the molecule is CCCCC(=O)Nc1ccc(N2CCN(C(=O)c3ccccc3C)CC2)cc1. The molecule has 5 nitrogen and oxygen atoms in total. The standard InChI is InChI=1S/C23H29N3O2/c1-3-4-9-22(27)24-19-10-12-20(13-11-19)25-14-16-26(17-15-25)23(28)21-8-6-5-7-18(21)2/h5-8,10-13H,3-4,9,14-17H2,1-2H3,(H,24,27). The average molecular weight is 380 g/mol. The number of amides is 2. The molecule has 2 aromatic carbocycles. The summed E-state index contributed by atoms with van der Waals surface area (Å²) in [6.07, 6.45) is 2.50. The lowest BCUT2D eigenvalue weighted by Crippen LogP contribution is -2.48. The van der Waals surface area contributed by atoms with Crippen molar-refractivity contribution in [1.82, 2.24) is 4.90 Å². The predicted molar refractivity (Wildman–Crippen MR) is 114 cm³/mol. The number of benzene rings is 2. The highest BCUT2D eigenvalue weighted by Crippen LogP contribution is 2.21. The highest BCUT2D eigenvalue weighted by atomic mass is 16.2. The second kappa shape index (κ2) is 9.40. The van der Waals surface area contributed by atoms with Crippen LogP contribution in [0.3, 0.4) is 0 Å². The summed E-state index contributed by atoms with van der Waals surface area (Å²) in [6.45, 7) is 7.09. The van der Waals surface area contributed by atoms with E-state index < -0.39 is 0 Å². The minimum absolute atomic E-state index is 0.0675. The molecular formula is C23H29N3O2.